The Balaban J connectivity index is 1.52. The van der Waals surface area contributed by atoms with E-state index in [9.17, 15) is 18.0 Å². The van der Waals surface area contributed by atoms with Gasteiger partial charge in [0.05, 0.1) is 10.4 Å². The molecule has 1 amide bonds. The van der Waals surface area contributed by atoms with Crippen LogP contribution in [-0.2, 0) is 16.6 Å². The van der Waals surface area contributed by atoms with Crippen LogP contribution in [0.5, 0.6) is 0 Å². The Hall–Kier alpha value is -2.91. The first-order valence-electron chi connectivity index (χ1n) is 9.39. The molecule has 8 nitrogen and oxygen atoms in total. The first-order valence-corrected chi connectivity index (χ1v) is 10.8. The van der Waals surface area contributed by atoms with Crippen molar-refractivity contribution in [2.45, 2.75) is 18.4 Å². The molecule has 29 heavy (non-hydrogen) atoms. The number of amides is 1. The number of aryl methyl sites for hydroxylation is 1. The van der Waals surface area contributed by atoms with E-state index in [1.807, 2.05) is 13.0 Å². The topological polar surface area (TPSA) is 92.8 Å². The first-order chi connectivity index (χ1) is 13.9. The summed E-state index contributed by atoms with van der Waals surface area (Å²) in [5, 5.41) is 0. The zero-order valence-corrected chi connectivity index (χ0v) is 16.8. The number of rotatable bonds is 4. The SMILES string of the molecule is CCn1c(=O)oc2cc(S(=O)(=O)N3CCN(C(=O)c4ccccc4)CC3)ccc21. The predicted molar refractivity (Wildman–Crippen MR) is 107 cm³/mol. The van der Waals surface area contributed by atoms with Crippen molar-refractivity contribution in [1.82, 2.24) is 13.8 Å². The highest BCUT2D eigenvalue weighted by molar-refractivity contribution is 7.89. The average molecular weight is 415 g/mol. The van der Waals surface area contributed by atoms with Crippen LogP contribution < -0.4 is 5.76 Å². The fourth-order valence-electron chi connectivity index (χ4n) is 3.55. The van der Waals surface area contributed by atoms with Gasteiger partial charge in [-0.15, -0.1) is 0 Å². The second-order valence-electron chi connectivity index (χ2n) is 6.80. The van der Waals surface area contributed by atoms with Crippen LogP contribution in [0.3, 0.4) is 0 Å². The number of piperazine rings is 1. The molecule has 1 fully saturated rings. The summed E-state index contributed by atoms with van der Waals surface area (Å²) >= 11 is 0. The molecule has 3 aromatic rings. The molecule has 1 aromatic heterocycles. The number of benzene rings is 2. The molecule has 0 unspecified atom stereocenters. The van der Waals surface area contributed by atoms with Gasteiger partial charge >= 0.3 is 5.76 Å². The third kappa shape index (κ3) is 3.47. The largest absolute Gasteiger partial charge is 0.419 e. The average Bonchev–Trinajstić information content (AvgIpc) is 3.08. The van der Waals surface area contributed by atoms with Crippen molar-refractivity contribution in [3.8, 4) is 0 Å². The predicted octanol–water partition coefficient (Wildman–Crippen LogP) is 1.76. The molecule has 1 aliphatic heterocycles. The summed E-state index contributed by atoms with van der Waals surface area (Å²) in [6.07, 6.45) is 0. The molecule has 9 heteroatoms. The van der Waals surface area contributed by atoms with E-state index in [-0.39, 0.29) is 29.5 Å². The number of fused-ring (bicyclic) bond motifs is 1. The quantitative estimate of drug-likeness (QED) is 0.647. The van der Waals surface area contributed by atoms with Crippen molar-refractivity contribution < 1.29 is 17.6 Å². The van der Waals surface area contributed by atoms with Crippen LogP contribution in [0.1, 0.15) is 17.3 Å². The molecule has 0 saturated carbocycles. The smallest absolute Gasteiger partial charge is 0.408 e. The molecular formula is C20H21N3O5S. The molecule has 2 heterocycles. The van der Waals surface area contributed by atoms with Crippen LogP contribution in [0, 0.1) is 0 Å². The Kier molecular flexibility index (Phi) is 5.01. The molecule has 152 valence electrons. The van der Waals surface area contributed by atoms with Crippen LogP contribution in [0.25, 0.3) is 11.1 Å². The lowest BCUT2D eigenvalue weighted by molar-refractivity contribution is 0.0698. The third-order valence-corrected chi connectivity index (χ3v) is 7.03. The monoisotopic (exact) mass is 415 g/mol. The van der Waals surface area contributed by atoms with Crippen molar-refractivity contribution in [3.05, 3.63) is 64.6 Å². The fourth-order valence-corrected chi connectivity index (χ4v) is 4.99. The van der Waals surface area contributed by atoms with Crippen LogP contribution >= 0.6 is 0 Å². The molecule has 0 aliphatic carbocycles. The molecule has 0 atom stereocenters. The number of sulfonamides is 1. The minimum Gasteiger partial charge on any atom is -0.408 e. The lowest BCUT2D eigenvalue weighted by Crippen LogP contribution is -2.50. The standard InChI is InChI=1S/C20H21N3O5S/c1-2-23-17-9-8-16(14-18(17)28-20(23)25)29(26,27)22-12-10-21(11-13-22)19(24)15-6-4-3-5-7-15/h3-9,14H,2,10-13H2,1H3. The Morgan fingerprint density at radius 3 is 2.38 bits per heavy atom. The van der Waals surface area contributed by atoms with Crippen molar-refractivity contribution in [3.63, 3.8) is 0 Å². The van der Waals surface area contributed by atoms with Crippen molar-refractivity contribution >= 4 is 27.0 Å². The van der Waals surface area contributed by atoms with Crippen LogP contribution in [0.4, 0.5) is 0 Å². The van der Waals surface area contributed by atoms with E-state index in [0.29, 0.717) is 30.7 Å². The number of carbonyl (C=O) groups is 1. The zero-order valence-electron chi connectivity index (χ0n) is 15.9. The highest BCUT2D eigenvalue weighted by atomic mass is 32.2. The van der Waals surface area contributed by atoms with E-state index in [1.165, 1.54) is 21.0 Å². The maximum atomic E-state index is 13.0. The van der Waals surface area contributed by atoms with Crippen LogP contribution in [0.15, 0.2) is 62.6 Å². The van der Waals surface area contributed by atoms with Gasteiger partial charge in [0.1, 0.15) is 0 Å². The fraction of sp³-hybridized carbons (Fsp3) is 0.300. The lowest BCUT2D eigenvalue weighted by atomic mass is 10.2. The van der Waals surface area contributed by atoms with Gasteiger partial charge in [-0.25, -0.2) is 13.2 Å². The van der Waals surface area contributed by atoms with Crippen LogP contribution in [0.2, 0.25) is 0 Å². The first kappa shape index (κ1) is 19.4. The summed E-state index contributed by atoms with van der Waals surface area (Å²) in [6, 6.07) is 13.4. The van der Waals surface area contributed by atoms with Crippen molar-refractivity contribution in [2.24, 2.45) is 0 Å². The number of nitrogens with zero attached hydrogens (tertiary/aromatic N) is 3. The van der Waals surface area contributed by atoms with Gasteiger partial charge in [-0.2, -0.15) is 4.31 Å². The molecule has 2 aromatic carbocycles. The zero-order chi connectivity index (χ0) is 20.6. The van der Waals surface area contributed by atoms with E-state index in [0.717, 1.165) is 0 Å². The second kappa shape index (κ2) is 7.49. The molecule has 0 bridgehead atoms. The summed E-state index contributed by atoms with van der Waals surface area (Å²) in [7, 11) is -3.75. The summed E-state index contributed by atoms with van der Waals surface area (Å²) < 4.78 is 34.1. The number of aromatic nitrogens is 1. The third-order valence-electron chi connectivity index (χ3n) is 5.14. The van der Waals surface area contributed by atoms with Gasteiger partial charge in [-0.3, -0.25) is 9.36 Å². The molecule has 0 spiro atoms. The molecule has 1 aliphatic rings. The maximum Gasteiger partial charge on any atom is 0.419 e. The Labute approximate surface area is 168 Å². The van der Waals surface area contributed by atoms with E-state index in [1.54, 1.807) is 35.2 Å². The minimum atomic E-state index is -3.75. The van der Waals surface area contributed by atoms with Gasteiger partial charge in [0.15, 0.2) is 5.58 Å². The lowest BCUT2D eigenvalue weighted by Gasteiger charge is -2.34. The maximum absolute atomic E-state index is 13.0. The molecule has 1 saturated heterocycles. The number of hydrogen-bond donors (Lipinski definition) is 0. The summed E-state index contributed by atoms with van der Waals surface area (Å²) in [5.41, 5.74) is 1.40. The molecule has 4 rings (SSSR count). The second-order valence-corrected chi connectivity index (χ2v) is 8.74. The van der Waals surface area contributed by atoms with Gasteiger partial charge in [-0.05, 0) is 31.2 Å². The van der Waals surface area contributed by atoms with Gasteiger partial charge in [0, 0.05) is 44.4 Å². The normalized spacial score (nSPS) is 15.7. The van der Waals surface area contributed by atoms with E-state index in [4.69, 9.17) is 4.42 Å². The molecular weight excluding hydrogens is 394 g/mol. The number of oxazole rings is 1. The van der Waals surface area contributed by atoms with Gasteiger partial charge in [-0.1, -0.05) is 18.2 Å². The summed E-state index contributed by atoms with van der Waals surface area (Å²) in [5.74, 6) is -0.614. The van der Waals surface area contributed by atoms with Gasteiger partial charge in [0.2, 0.25) is 10.0 Å². The number of carbonyl (C=O) groups excluding carboxylic acids is 1. The highest BCUT2D eigenvalue weighted by Gasteiger charge is 2.31. The van der Waals surface area contributed by atoms with E-state index >= 15 is 0 Å². The minimum absolute atomic E-state index is 0.0739. The van der Waals surface area contributed by atoms with Gasteiger partial charge < -0.3 is 9.32 Å². The highest BCUT2D eigenvalue weighted by Crippen LogP contribution is 2.23. The summed E-state index contributed by atoms with van der Waals surface area (Å²) in [6.45, 7) is 3.30. The Bertz CT molecular complexity index is 1210. The Morgan fingerprint density at radius 1 is 1.03 bits per heavy atom. The van der Waals surface area contributed by atoms with Gasteiger partial charge in [0.25, 0.3) is 5.91 Å². The van der Waals surface area contributed by atoms with Crippen LogP contribution in [-0.4, -0.2) is 54.3 Å². The summed E-state index contributed by atoms with van der Waals surface area (Å²) in [4.78, 5) is 26.1. The number of hydrogen-bond acceptors (Lipinski definition) is 5. The van der Waals surface area contributed by atoms with E-state index < -0.39 is 15.8 Å². The van der Waals surface area contributed by atoms with E-state index in [2.05, 4.69) is 0 Å². The Morgan fingerprint density at radius 2 is 1.72 bits per heavy atom. The molecule has 0 radical (unpaired) electrons. The molecule has 0 N–H and O–H groups in total. The van der Waals surface area contributed by atoms with Crippen molar-refractivity contribution in [1.29, 1.82) is 0 Å². The van der Waals surface area contributed by atoms with Crippen molar-refractivity contribution in [2.75, 3.05) is 26.2 Å².